The molecule has 5 rings (SSSR count). The summed E-state index contributed by atoms with van der Waals surface area (Å²) in [5.74, 6) is 1.03. The molecule has 0 saturated heterocycles. The zero-order chi connectivity index (χ0) is 22.6. The first-order valence-corrected chi connectivity index (χ1v) is 12.5. The van der Waals surface area contributed by atoms with E-state index in [1.165, 1.54) is 11.1 Å². The van der Waals surface area contributed by atoms with E-state index in [0.29, 0.717) is 10.4 Å². The normalized spacial score (nSPS) is 14.8. The van der Waals surface area contributed by atoms with E-state index in [1.807, 2.05) is 66.7 Å². The molecule has 0 amide bonds. The molecular weight excluding hydrogens is 450 g/mol. The largest absolute Gasteiger partial charge is 0.282 e. The first-order chi connectivity index (χ1) is 16.2. The molecule has 0 atom stereocenters. The summed E-state index contributed by atoms with van der Waals surface area (Å²) in [6, 6.07) is 23.4. The summed E-state index contributed by atoms with van der Waals surface area (Å²) in [7, 11) is 0. The van der Waals surface area contributed by atoms with Crippen LogP contribution in [-0.4, -0.2) is 15.9 Å². The van der Waals surface area contributed by atoms with Crippen LogP contribution in [0.5, 0.6) is 0 Å². The zero-order valence-corrected chi connectivity index (χ0v) is 19.7. The van der Waals surface area contributed by atoms with Gasteiger partial charge in [-0.25, -0.2) is 4.98 Å². The number of aromatic nitrogens is 2. The van der Waals surface area contributed by atoms with Gasteiger partial charge in [0.05, 0.1) is 17.1 Å². The highest BCUT2D eigenvalue weighted by atomic mass is 35.5. The van der Waals surface area contributed by atoms with Gasteiger partial charge in [0.2, 0.25) is 0 Å². The molecule has 0 aliphatic heterocycles. The SMILES string of the molecule is O=c1c2ccccc2nc(C2CCCCC2)n1N=Cc1ccccc1Sc1ccc(Cl)cc1. The topological polar surface area (TPSA) is 47.2 Å². The third-order valence-electron chi connectivity index (χ3n) is 6.02. The number of para-hydroxylation sites is 1. The Hall–Kier alpha value is -2.89. The lowest BCUT2D eigenvalue weighted by Gasteiger charge is -2.22. The Labute approximate surface area is 202 Å². The Morgan fingerprint density at radius 2 is 1.67 bits per heavy atom. The lowest BCUT2D eigenvalue weighted by molar-refractivity contribution is 0.416. The summed E-state index contributed by atoms with van der Waals surface area (Å²) in [6.07, 6.45) is 7.44. The van der Waals surface area contributed by atoms with Crippen molar-refractivity contribution in [3.63, 3.8) is 0 Å². The minimum atomic E-state index is -0.111. The lowest BCUT2D eigenvalue weighted by atomic mass is 9.88. The van der Waals surface area contributed by atoms with Gasteiger partial charge < -0.3 is 0 Å². The van der Waals surface area contributed by atoms with Crippen molar-refractivity contribution < 1.29 is 0 Å². The van der Waals surface area contributed by atoms with Gasteiger partial charge in [-0.2, -0.15) is 9.78 Å². The lowest BCUT2D eigenvalue weighted by Crippen LogP contribution is -2.25. The maximum absolute atomic E-state index is 13.4. The first-order valence-electron chi connectivity index (χ1n) is 11.3. The molecule has 0 spiro atoms. The molecule has 1 saturated carbocycles. The van der Waals surface area contributed by atoms with Crippen molar-refractivity contribution in [2.45, 2.75) is 47.8 Å². The third kappa shape index (κ3) is 4.90. The summed E-state index contributed by atoms with van der Waals surface area (Å²) >= 11 is 7.67. The minimum absolute atomic E-state index is 0.111. The predicted octanol–water partition coefficient (Wildman–Crippen LogP) is 7.13. The third-order valence-corrected chi connectivity index (χ3v) is 7.37. The molecule has 6 heteroatoms. The van der Waals surface area contributed by atoms with E-state index in [0.717, 1.165) is 52.4 Å². The van der Waals surface area contributed by atoms with Crippen molar-refractivity contribution in [3.05, 3.63) is 99.6 Å². The van der Waals surface area contributed by atoms with E-state index in [2.05, 4.69) is 6.07 Å². The second-order valence-corrected chi connectivity index (χ2v) is 9.83. The number of benzene rings is 3. The van der Waals surface area contributed by atoms with E-state index < -0.39 is 0 Å². The molecular formula is C27H24ClN3OS. The fourth-order valence-corrected chi connectivity index (χ4v) is 5.34. The Balaban J connectivity index is 1.55. The first kappa shape index (κ1) is 21.9. The summed E-state index contributed by atoms with van der Waals surface area (Å²) in [5.41, 5.74) is 1.58. The van der Waals surface area contributed by atoms with Crippen LogP contribution in [0.15, 0.2) is 92.5 Å². The number of rotatable bonds is 5. The van der Waals surface area contributed by atoms with Crippen molar-refractivity contribution in [2.75, 3.05) is 0 Å². The summed E-state index contributed by atoms with van der Waals surface area (Å²) in [5, 5.41) is 6.01. The van der Waals surface area contributed by atoms with Gasteiger partial charge in [-0.3, -0.25) is 4.79 Å². The van der Waals surface area contributed by atoms with E-state index >= 15 is 0 Å². The monoisotopic (exact) mass is 473 g/mol. The summed E-state index contributed by atoms with van der Waals surface area (Å²) in [6.45, 7) is 0. The predicted molar refractivity (Wildman–Crippen MR) is 137 cm³/mol. The van der Waals surface area contributed by atoms with Gasteiger partial charge in [0, 0.05) is 26.3 Å². The average Bonchev–Trinajstić information content (AvgIpc) is 2.86. The number of halogens is 1. The van der Waals surface area contributed by atoms with Gasteiger partial charge in [0.25, 0.3) is 5.56 Å². The van der Waals surface area contributed by atoms with Crippen LogP contribution in [0.4, 0.5) is 0 Å². The highest BCUT2D eigenvalue weighted by Crippen LogP contribution is 2.32. The molecule has 3 aromatic carbocycles. The van der Waals surface area contributed by atoms with Crippen LogP contribution >= 0.6 is 23.4 Å². The molecule has 4 aromatic rings. The van der Waals surface area contributed by atoms with E-state index in [9.17, 15) is 4.79 Å². The molecule has 1 heterocycles. The Bertz CT molecular complexity index is 1360. The molecule has 0 bridgehead atoms. The second-order valence-electron chi connectivity index (χ2n) is 8.28. The van der Waals surface area contributed by atoms with Crippen LogP contribution in [0, 0.1) is 0 Å². The van der Waals surface area contributed by atoms with Gasteiger partial charge in [-0.15, -0.1) is 0 Å². The average molecular weight is 474 g/mol. The van der Waals surface area contributed by atoms with Gasteiger partial charge in [-0.05, 0) is 55.3 Å². The summed E-state index contributed by atoms with van der Waals surface area (Å²) < 4.78 is 1.53. The van der Waals surface area contributed by atoms with Crippen molar-refractivity contribution in [2.24, 2.45) is 5.10 Å². The van der Waals surface area contributed by atoms with Gasteiger partial charge in [0.1, 0.15) is 5.82 Å². The maximum Gasteiger partial charge on any atom is 0.282 e. The standard InChI is InChI=1S/C27H24ClN3OS/c28-21-14-16-22(17-15-21)33-25-13-7-4-10-20(25)18-29-31-26(19-8-2-1-3-9-19)30-24-12-6-5-11-23(24)27(31)32/h4-7,10-19H,1-3,8-9H2. The smallest absolute Gasteiger partial charge is 0.267 e. The Morgan fingerprint density at radius 3 is 2.48 bits per heavy atom. The van der Waals surface area contributed by atoms with Crippen LogP contribution < -0.4 is 5.56 Å². The Kier molecular flexibility index (Phi) is 6.60. The zero-order valence-electron chi connectivity index (χ0n) is 18.2. The second kappa shape index (κ2) is 9.94. The number of hydrogen-bond acceptors (Lipinski definition) is 4. The van der Waals surface area contributed by atoms with Crippen LogP contribution in [0.25, 0.3) is 10.9 Å². The molecule has 166 valence electrons. The fourth-order valence-electron chi connectivity index (χ4n) is 4.31. The molecule has 1 aliphatic carbocycles. The van der Waals surface area contributed by atoms with Crippen molar-refractivity contribution in [1.29, 1.82) is 0 Å². The molecule has 0 radical (unpaired) electrons. The number of nitrogens with zero attached hydrogens (tertiary/aromatic N) is 3. The molecule has 0 unspecified atom stereocenters. The van der Waals surface area contributed by atoms with Crippen molar-refractivity contribution >= 4 is 40.5 Å². The van der Waals surface area contributed by atoms with Crippen LogP contribution in [0.3, 0.4) is 0 Å². The van der Waals surface area contributed by atoms with E-state index in [4.69, 9.17) is 21.7 Å². The highest BCUT2D eigenvalue weighted by molar-refractivity contribution is 7.99. The molecule has 1 aliphatic rings. The molecule has 4 nitrogen and oxygen atoms in total. The maximum atomic E-state index is 13.4. The number of fused-ring (bicyclic) bond motifs is 1. The fraction of sp³-hybridized carbons (Fsp3) is 0.222. The molecule has 0 N–H and O–H groups in total. The van der Waals surface area contributed by atoms with Crippen molar-refractivity contribution in [1.82, 2.24) is 9.66 Å². The number of hydrogen-bond donors (Lipinski definition) is 0. The van der Waals surface area contributed by atoms with Crippen LogP contribution in [0.2, 0.25) is 5.02 Å². The quantitative estimate of drug-likeness (QED) is 0.289. The van der Waals surface area contributed by atoms with E-state index in [1.54, 1.807) is 18.0 Å². The van der Waals surface area contributed by atoms with E-state index in [-0.39, 0.29) is 11.5 Å². The van der Waals surface area contributed by atoms with Crippen molar-refractivity contribution in [3.8, 4) is 0 Å². The minimum Gasteiger partial charge on any atom is -0.267 e. The molecule has 1 fully saturated rings. The highest BCUT2D eigenvalue weighted by Gasteiger charge is 2.22. The summed E-state index contributed by atoms with van der Waals surface area (Å²) in [4.78, 5) is 20.5. The van der Waals surface area contributed by atoms with Crippen LogP contribution in [0.1, 0.15) is 49.4 Å². The van der Waals surface area contributed by atoms with Gasteiger partial charge >= 0.3 is 0 Å². The van der Waals surface area contributed by atoms with Crippen LogP contribution in [-0.2, 0) is 0 Å². The Morgan fingerprint density at radius 1 is 0.939 bits per heavy atom. The van der Waals surface area contributed by atoms with Gasteiger partial charge in [-0.1, -0.05) is 73.0 Å². The van der Waals surface area contributed by atoms with Gasteiger partial charge in [0.15, 0.2) is 0 Å². The molecule has 33 heavy (non-hydrogen) atoms. The molecule has 1 aromatic heterocycles.